The molecule has 2 unspecified atom stereocenters. The molecule has 2 aromatic rings. The number of rotatable bonds is 6. The van der Waals surface area contributed by atoms with Gasteiger partial charge in [-0.3, -0.25) is 9.59 Å². The number of carbonyl (C=O) groups is 2. The number of ketones is 1. The Morgan fingerprint density at radius 3 is 2.54 bits per heavy atom. The fourth-order valence-corrected chi connectivity index (χ4v) is 6.58. The Labute approximate surface area is 211 Å². The molecule has 1 N–H and O–H groups in total. The third-order valence-corrected chi connectivity index (χ3v) is 7.79. The zero-order chi connectivity index (χ0) is 25.2. The number of esters is 1. The second-order valence-corrected chi connectivity index (χ2v) is 9.88. The van der Waals surface area contributed by atoms with Crippen molar-refractivity contribution in [1.29, 1.82) is 0 Å². The maximum absolute atomic E-state index is 13.8. The van der Waals surface area contributed by atoms with Crippen molar-refractivity contribution in [2.24, 2.45) is 5.92 Å². The maximum Gasteiger partial charge on any atom is 0.416 e. The predicted octanol–water partition coefficient (Wildman–Crippen LogP) is 6.04. The molecule has 0 bridgehead atoms. The summed E-state index contributed by atoms with van der Waals surface area (Å²) in [5.74, 6) is -1.67. The van der Waals surface area contributed by atoms with Gasteiger partial charge in [-0.1, -0.05) is 52.3 Å². The number of piperidine rings is 1. The highest BCUT2D eigenvalue weighted by Gasteiger charge is 2.55. The van der Waals surface area contributed by atoms with Gasteiger partial charge in [0.05, 0.1) is 18.6 Å². The molecule has 8 heteroatoms. The molecule has 2 aliphatic rings. The van der Waals surface area contributed by atoms with E-state index in [1.807, 2.05) is 18.2 Å². The van der Waals surface area contributed by atoms with E-state index in [0.717, 1.165) is 21.7 Å². The zero-order valence-corrected chi connectivity index (χ0v) is 20.9. The summed E-state index contributed by atoms with van der Waals surface area (Å²) in [5, 5.41) is 3.34. The van der Waals surface area contributed by atoms with Crippen LogP contribution < -0.4 is 5.32 Å². The molecule has 1 heterocycles. The van der Waals surface area contributed by atoms with Crippen LogP contribution in [0.1, 0.15) is 54.4 Å². The lowest BCUT2D eigenvalue weighted by Gasteiger charge is -2.41. The van der Waals surface area contributed by atoms with Crippen LogP contribution in [0.5, 0.6) is 0 Å². The number of hydrogen-bond donors (Lipinski definition) is 1. The first-order valence-corrected chi connectivity index (χ1v) is 12.5. The van der Waals surface area contributed by atoms with Crippen LogP contribution in [0.15, 0.2) is 53.0 Å². The first kappa shape index (κ1) is 25.6. The van der Waals surface area contributed by atoms with Crippen molar-refractivity contribution in [3.63, 3.8) is 0 Å². The van der Waals surface area contributed by atoms with Crippen molar-refractivity contribution in [3.05, 3.63) is 75.3 Å². The molecule has 0 aromatic heterocycles. The molecule has 1 saturated heterocycles. The molecule has 186 valence electrons. The quantitative estimate of drug-likeness (QED) is 0.352. The highest BCUT2D eigenvalue weighted by Crippen LogP contribution is 2.58. The normalized spacial score (nSPS) is 21.3. The van der Waals surface area contributed by atoms with Crippen LogP contribution in [0.3, 0.4) is 0 Å². The molecule has 1 spiro atoms. The van der Waals surface area contributed by atoms with E-state index in [9.17, 15) is 22.8 Å². The number of carbonyl (C=O) groups excluding carboxylic acids is 2. The van der Waals surface area contributed by atoms with Gasteiger partial charge < -0.3 is 10.1 Å². The first-order valence-electron chi connectivity index (χ1n) is 11.7. The molecule has 2 atom stereocenters. The van der Waals surface area contributed by atoms with Gasteiger partial charge in [-0.05, 0) is 67.8 Å². The standard InChI is InChI=1S/C27H27BrF3NO3/c1-2-35-23(34)16-19-18-7-5-9-21(28)24(18)26(12-14-32-15-13-26)25(19)22(33)11-10-17-6-3-4-8-20(17)27(29,30)31/h3-11,19,25,32H,2,12-16H2,1H3. The summed E-state index contributed by atoms with van der Waals surface area (Å²) in [6, 6.07) is 11.0. The van der Waals surface area contributed by atoms with Gasteiger partial charge in [0.1, 0.15) is 0 Å². The van der Waals surface area contributed by atoms with E-state index < -0.39 is 35.0 Å². The number of allylic oxidation sites excluding steroid dienone is 1. The van der Waals surface area contributed by atoms with E-state index in [1.165, 1.54) is 30.4 Å². The SMILES string of the molecule is CCOC(=O)CC1c2cccc(Br)c2C2(CCNCC2)C1C(=O)C=Cc1ccccc1C(F)(F)F. The average Bonchev–Trinajstić information content (AvgIpc) is 3.07. The number of nitrogens with one attached hydrogen (secondary N) is 1. The molecule has 1 aliphatic carbocycles. The van der Waals surface area contributed by atoms with E-state index in [2.05, 4.69) is 21.2 Å². The Morgan fingerprint density at radius 1 is 1.14 bits per heavy atom. The smallest absolute Gasteiger partial charge is 0.416 e. The summed E-state index contributed by atoms with van der Waals surface area (Å²) in [7, 11) is 0. The van der Waals surface area contributed by atoms with Crippen LogP contribution >= 0.6 is 15.9 Å². The monoisotopic (exact) mass is 549 g/mol. The Morgan fingerprint density at radius 2 is 1.86 bits per heavy atom. The molecular weight excluding hydrogens is 523 g/mol. The number of hydrogen-bond acceptors (Lipinski definition) is 4. The third-order valence-electron chi connectivity index (χ3n) is 7.13. The molecule has 2 aromatic carbocycles. The van der Waals surface area contributed by atoms with Crippen molar-refractivity contribution in [3.8, 4) is 0 Å². The minimum Gasteiger partial charge on any atom is -0.466 e. The van der Waals surface area contributed by atoms with Crippen LogP contribution in [-0.2, 0) is 25.9 Å². The summed E-state index contributed by atoms with van der Waals surface area (Å²) < 4.78 is 46.5. The molecule has 4 rings (SSSR count). The van der Waals surface area contributed by atoms with E-state index in [4.69, 9.17) is 4.74 Å². The number of halogens is 4. The summed E-state index contributed by atoms with van der Waals surface area (Å²) in [5.41, 5.74) is 0.575. The number of benzene rings is 2. The lowest BCUT2D eigenvalue weighted by molar-refractivity contribution is -0.144. The summed E-state index contributed by atoms with van der Waals surface area (Å²) >= 11 is 3.68. The van der Waals surface area contributed by atoms with Crippen molar-refractivity contribution in [2.45, 2.75) is 43.7 Å². The van der Waals surface area contributed by atoms with Gasteiger partial charge in [-0.15, -0.1) is 0 Å². The predicted molar refractivity (Wildman–Crippen MR) is 131 cm³/mol. The summed E-state index contributed by atoms with van der Waals surface area (Å²) in [4.78, 5) is 26.4. The molecule has 0 radical (unpaired) electrons. The summed E-state index contributed by atoms with van der Waals surface area (Å²) in [6.45, 7) is 3.38. The largest absolute Gasteiger partial charge is 0.466 e. The fourth-order valence-electron chi connectivity index (χ4n) is 5.80. The Balaban J connectivity index is 1.78. The van der Waals surface area contributed by atoms with Gasteiger partial charge in [0.2, 0.25) is 0 Å². The van der Waals surface area contributed by atoms with E-state index in [0.29, 0.717) is 25.9 Å². The lowest BCUT2D eigenvalue weighted by Crippen LogP contribution is -2.46. The Hall–Kier alpha value is -2.45. The van der Waals surface area contributed by atoms with Crippen LogP contribution in [0, 0.1) is 5.92 Å². The van der Waals surface area contributed by atoms with Gasteiger partial charge in [0.15, 0.2) is 5.78 Å². The maximum atomic E-state index is 13.8. The molecule has 0 saturated carbocycles. The molecule has 1 fully saturated rings. The van der Waals surface area contributed by atoms with E-state index in [1.54, 1.807) is 6.92 Å². The highest BCUT2D eigenvalue weighted by molar-refractivity contribution is 9.10. The second-order valence-electron chi connectivity index (χ2n) is 9.02. The van der Waals surface area contributed by atoms with Gasteiger partial charge in [0.25, 0.3) is 0 Å². The topological polar surface area (TPSA) is 55.4 Å². The van der Waals surface area contributed by atoms with Gasteiger partial charge in [-0.2, -0.15) is 13.2 Å². The minimum atomic E-state index is -4.53. The van der Waals surface area contributed by atoms with Gasteiger partial charge >= 0.3 is 12.1 Å². The molecule has 4 nitrogen and oxygen atoms in total. The van der Waals surface area contributed by atoms with Crippen LogP contribution in [0.4, 0.5) is 13.2 Å². The highest BCUT2D eigenvalue weighted by atomic mass is 79.9. The average molecular weight is 550 g/mol. The van der Waals surface area contributed by atoms with Crippen LogP contribution in [0.25, 0.3) is 6.08 Å². The van der Waals surface area contributed by atoms with Crippen molar-refractivity contribution in [1.82, 2.24) is 5.32 Å². The number of fused-ring (bicyclic) bond motifs is 2. The Bertz CT molecular complexity index is 1140. The second kappa shape index (κ2) is 10.3. The zero-order valence-electron chi connectivity index (χ0n) is 19.3. The van der Waals surface area contributed by atoms with Gasteiger partial charge in [-0.25, -0.2) is 0 Å². The van der Waals surface area contributed by atoms with E-state index in [-0.39, 0.29) is 24.4 Å². The number of alkyl halides is 3. The van der Waals surface area contributed by atoms with Crippen molar-refractivity contribution >= 4 is 33.8 Å². The van der Waals surface area contributed by atoms with Gasteiger partial charge in [0, 0.05) is 21.7 Å². The van der Waals surface area contributed by atoms with Crippen LogP contribution in [0.2, 0.25) is 0 Å². The molecule has 35 heavy (non-hydrogen) atoms. The minimum absolute atomic E-state index is 0.0376. The Kier molecular flexibility index (Phi) is 7.52. The first-order chi connectivity index (χ1) is 16.7. The summed E-state index contributed by atoms with van der Waals surface area (Å²) in [6.07, 6.45) is -0.607. The molecule has 0 amide bonds. The lowest BCUT2D eigenvalue weighted by atomic mass is 9.65. The molecule has 1 aliphatic heterocycles. The number of ether oxygens (including phenoxy) is 1. The van der Waals surface area contributed by atoms with Crippen molar-refractivity contribution < 1.29 is 27.5 Å². The third kappa shape index (κ3) is 4.96. The van der Waals surface area contributed by atoms with Crippen molar-refractivity contribution in [2.75, 3.05) is 19.7 Å². The van der Waals surface area contributed by atoms with Crippen LogP contribution in [-0.4, -0.2) is 31.4 Å². The molecular formula is C27H27BrF3NO3. The van der Waals surface area contributed by atoms with E-state index >= 15 is 0 Å². The fraction of sp³-hybridized carbons (Fsp3) is 0.407.